The van der Waals surface area contributed by atoms with Gasteiger partial charge in [0.15, 0.2) is 0 Å². The summed E-state index contributed by atoms with van der Waals surface area (Å²) in [4.78, 5) is 4.40. The van der Waals surface area contributed by atoms with Crippen LogP contribution in [0.1, 0.15) is 36.2 Å². The highest BCUT2D eigenvalue weighted by molar-refractivity contribution is 5.31. The highest BCUT2D eigenvalue weighted by Gasteiger charge is 2.09. The predicted molar refractivity (Wildman–Crippen MR) is 81.8 cm³/mol. The number of aryl methyl sites for hydroxylation is 1. The fourth-order valence-electron chi connectivity index (χ4n) is 2.02. The SMILES string of the molecule is CCCOc1cccc(C(N)Cc2ccc(C)cn2)c1. The van der Waals surface area contributed by atoms with Crippen molar-refractivity contribution in [1.29, 1.82) is 0 Å². The number of nitrogens with zero attached hydrogens (tertiary/aromatic N) is 1. The molecule has 2 rings (SSSR count). The number of pyridine rings is 1. The van der Waals surface area contributed by atoms with Gasteiger partial charge >= 0.3 is 0 Å². The van der Waals surface area contributed by atoms with Crippen LogP contribution in [-0.4, -0.2) is 11.6 Å². The molecule has 0 aliphatic heterocycles. The van der Waals surface area contributed by atoms with Crippen LogP contribution in [0, 0.1) is 6.92 Å². The molecule has 1 aromatic carbocycles. The number of nitrogens with two attached hydrogens (primary N) is 1. The van der Waals surface area contributed by atoms with Crippen LogP contribution >= 0.6 is 0 Å². The second-order valence-corrected chi connectivity index (χ2v) is 5.06. The molecule has 106 valence electrons. The second kappa shape index (κ2) is 7.06. The summed E-state index contributed by atoms with van der Waals surface area (Å²) in [5, 5.41) is 0. The first-order valence-corrected chi connectivity index (χ1v) is 7.09. The molecule has 0 radical (unpaired) electrons. The monoisotopic (exact) mass is 270 g/mol. The Labute approximate surface area is 120 Å². The molecule has 20 heavy (non-hydrogen) atoms. The minimum atomic E-state index is -0.0598. The first-order chi connectivity index (χ1) is 9.69. The first kappa shape index (κ1) is 14.5. The Morgan fingerprint density at radius 2 is 2.10 bits per heavy atom. The number of benzene rings is 1. The Balaban J connectivity index is 2.04. The lowest BCUT2D eigenvalue weighted by molar-refractivity contribution is 0.317. The normalized spacial score (nSPS) is 12.2. The Morgan fingerprint density at radius 3 is 2.80 bits per heavy atom. The summed E-state index contributed by atoms with van der Waals surface area (Å²) in [6.07, 6.45) is 3.61. The third kappa shape index (κ3) is 4.07. The van der Waals surface area contributed by atoms with Gasteiger partial charge in [0.2, 0.25) is 0 Å². The lowest BCUT2D eigenvalue weighted by Gasteiger charge is -2.13. The maximum atomic E-state index is 6.27. The van der Waals surface area contributed by atoms with Gasteiger partial charge < -0.3 is 10.5 Å². The van der Waals surface area contributed by atoms with E-state index in [1.807, 2.05) is 43.5 Å². The molecule has 3 heteroatoms. The van der Waals surface area contributed by atoms with E-state index in [0.29, 0.717) is 0 Å². The van der Waals surface area contributed by atoms with Crippen molar-refractivity contribution in [2.24, 2.45) is 5.73 Å². The molecule has 0 fully saturated rings. The van der Waals surface area contributed by atoms with Gasteiger partial charge in [-0.15, -0.1) is 0 Å². The third-order valence-electron chi connectivity index (χ3n) is 3.16. The van der Waals surface area contributed by atoms with Gasteiger partial charge in [0.25, 0.3) is 0 Å². The highest BCUT2D eigenvalue weighted by Crippen LogP contribution is 2.20. The summed E-state index contributed by atoms with van der Waals surface area (Å²) in [5.41, 5.74) is 9.53. The van der Waals surface area contributed by atoms with E-state index in [1.165, 1.54) is 0 Å². The lowest BCUT2D eigenvalue weighted by Crippen LogP contribution is -2.14. The van der Waals surface area contributed by atoms with Gasteiger partial charge in [-0.25, -0.2) is 0 Å². The zero-order valence-electron chi connectivity index (χ0n) is 12.2. The smallest absolute Gasteiger partial charge is 0.119 e. The fourth-order valence-corrected chi connectivity index (χ4v) is 2.02. The lowest BCUT2D eigenvalue weighted by atomic mass is 10.0. The van der Waals surface area contributed by atoms with Crippen molar-refractivity contribution < 1.29 is 4.74 Å². The molecule has 1 unspecified atom stereocenters. The van der Waals surface area contributed by atoms with Crippen LogP contribution in [0.3, 0.4) is 0 Å². The molecular formula is C17H22N2O. The second-order valence-electron chi connectivity index (χ2n) is 5.06. The zero-order valence-corrected chi connectivity index (χ0v) is 12.2. The van der Waals surface area contributed by atoms with E-state index in [0.717, 1.165) is 42.0 Å². The average Bonchev–Trinajstić information content (AvgIpc) is 2.48. The minimum absolute atomic E-state index is 0.0598. The largest absolute Gasteiger partial charge is 0.494 e. The number of hydrogen-bond acceptors (Lipinski definition) is 3. The quantitative estimate of drug-likeness (QED) is 0.875. The third-order valence-corrected chi connectivity index (χ3v) is 3.16. The molecule has 1 heterocycles. The van der Waals surface area contributed by atoms with Gasteiger partial charge in [0, 0.05) is 24.4 Å². The molecule has 2 N–H and O–H groups in total. The summed E-state index contributed by atoms with van der Waals surface area (Å²) in [6, 6.07) is 12.1. The van der Waals surface area contributed by atoms with Gasteiger partial charge in [0.1, 0.15) is 5.75 Å². The van der Waals surface area contributed by atoms with Gasteiger partial charge in [0.05, 0.1) is 6.61 Å². The summed E-state index contributed by atoms with van der Waals surface area (Å²) in [6.45, 7) is 4.86. The molecule has 0 aliphatic rings. The van der Waals surface area contributed by atoms with E-state index in [1.54, 1.807) is 0 Å². The molecule has 0 amide bonds. The van der Waals surface area contributed by atoms with E-state index in [4.69, 9.17) is 10.5 Å². The van der Waals surface area contributed by atoms with E-state index >= 15 is 0 Å². The molecule has 0 saturated carbocycles. The topological polar surface area (TPSA) is 48.1 Å². The van der Waals surface area contributed by atoms with Crippen LogP contribution in [0.5, 0.6) is 5.75 Å². The van der Waals surface area contributed by atoms with Crippen LogP contribution < -0.4 is 10.5 Å². The van der Waals surface area contributed by atoms with E-state index in [9.17, 15) is 0 Å². The fraction of sp³-hybridized carbons (Fsp3) is 0.353. The number of rotatable bonds is 6. The average molecular weight is 270 g/mol. The Bertz CT molecular complexity index is 537. The molecule has 1 aromatic heterocycles. The van der Waals surface area contributed by atoms with E-state index in [2.05, 4.69) is 18.0 Å². The zero-order chi connectivity index (χ0) is 14.4. The Hall–Kier alpha value is -1.87. The van der Waals surface area contributed by atoms with Crippen molar-refractivity contribution in [2.45, 2.75) is 32.7 Å². The number of ether oxygens (including phenoxy) is 1. The molecule has 3 nitrogen and oxygen atoms in total. The van der Waals surface area contributed by atoms with E-state index < -0.39 is 0 Å². The van der Waals surface area contributed by atoms with Crippen LogP contribution in [0.2, 0.25) is 0 Å². The van der Waals surface area contributed by atoms with Crippen LogP contribution in [0.4, 0.5) is 0 Å². The highest BCUT2D eigenvalue weighted by atomic mass is 16.5. The first-order valence-electron chi connectivity index (χ1n) is 7.09. The predicted octanol–water partition coefficient (Wildman–Crippen LogP) is 3.42. The van der Waals surface area contributed by atoms with Gasteiger partial charge in [-0.1, -0.05) is 25.1 Å². The molecule has 0 bridgehead atoms. The Morgan fingerprint density at radius 1 is 1.25 bits per heavy atom. The standard InChI is InChI=1S/C17H22N2O/c1-3-9-20-16-6-4-5-14(10-16)17(18)11-15-8-7-13(2)12-19-15/h4-8,10,12,17H,3,9,11,18H2,1-2H3. The molecule has 0 spiro atoms. The summed E-state index contributed by atoms with van der Waals surface area (Å²) < 4.78 is 5.64. The van der Waals surface area contributed by atoms with Gasteiger partial charge in [-0.2, -0.15) is 0 Å². The van der Waals surface area contributed by atoms with Crippen molar-refractivity contribution in [3.63, 3.8) is 0 Å². The minimum Gasteiger partial charge on any atom is -0.494 e. The van der Waals surface area contributed by atoms with Crippen LogP contribution in [0.15, 0.2) is 42.6 Å². The van der Waals surface area contributed by atoms with E-state index in [-0.39, 0.29) is 6.04 Å². The molecule has 0 saturated heterocycles. The number of hydrogen-bond donors (Lipinski definition) is 1. The maximum Gasteiger partial charge on any atom is 0.119 e. The van der Waals surface area contributed by atoms with Crippen molar-refractivity contribution in [2.75, 3.05) is 6.61 Å². The van der Waals surface area contributed by atoms with Gasteiger partial charge in [-0.3, -0.25) is 4.98 Å². The maximum absolute atomic E-state index is 6.27. The molecular weight excluding hydrogens is 248 g/mol. The summed E-state index contributed by atoms with van der Waals surface area (Å²) in [7, 11) is 0. The van der Waals surface area contributed by atoms with Crippen molar-refractivity contribution >= 4 is 0 Å². The van der Waals surface area contributed by atoms with Crippen molar-refractivity contribution in [3.8, 4) is 5.75 Å². The summed E-state index contributed by atoms with van der Waals surface area (Å²) >= 11 is 0. The van der Waals surface area contributed by atoms with Crippen molar-refractivity contribution in [1.82, 2.24) is 4.98 Å². The molecule has 1 atom stereocenters. The van der Waals surface area contributed by atoms with Gasteiger partial charge in [-0.05, 0) is 42.7 Å². The van der Waals surface area contributed by atoms with Crippen molar-refractivity contribution in [3.05, 3.63) is 59.4 Å². The Kier molecular flexibility index (Phi) is 5.13. The summed E-state index contributed by atoms with van der Waals surface area (Å²) in [5.74, 6) is 0.886. The van der Waals surface area contributed by atoms with Crippen LogP contribution in [-0.2, 0) is 6.42 Å². The van der Waals surface area contributed by atoms with Crippen LogP contribution in [0.25, 0.3) is 0 Å². The number of aromatic nitrogens is 1. The molecule has 0 aliphatic carbocycles. The molecule has 2 aromatic rings.